The predicted octanol–water partition coefficient (Wildman–Crippen LogP) is 5.37. The van der Waals surface area contributed by atoms with Gasteiger partial charge in [0.1, 0.15) is 0 Å². The van der Waals surface area contributed by atoms with Crippen LogP contribution in [0.2, 0.25) is 0 Å². The number of rotatable bonds is 4. The number of hydrogen-bond acceptors (Lipinski definition) is 2. The van der Waals surface area contributed by atoms with E-state index in [1.165, 1.54) is 37.7 Å². The molecule has 1 saturated carbocycles. The molecule has 0 unspecified atom stereocenters. The fraction of sp³-hybridized carbons (Fsp3) is 0.533. The summed E-state index contributed by atoms with van der Waals surface area (Å²) in [6, 6.07) is 10.4. The number of carbonyl (C=O) groups is 1. The fourth-order valence-corrected chi connectivity index (χ4v) is 2.27. The summed E-state index contributed by atoms with van der Waals surface area (Å²) in [6.45, 7) is 1.73. The van der Waals surface area contributed by atoms with Gasteiger partial charge in [0.25, 0.3) is 0 Å². The van der Waals surface area contributed by atoms with Gasteiger partial charge < -0.3 is 4.74 Å². The molecular weight excluding hydrogens is 283 g/mol. The standard InChI is InChI=1S/C14H20O.CCl2O/c1-3-7-13(8-4-1)11-15-12-14-9-5-2-6-10-14;2-1(3)4/h1,3-4,7-8,14H,2,5-6,9-12H2;. The van der Waals surface area contributed by atoms with Crippen LogP contribution in [-0.4, -0.2) is 11.3 Å². The van der Waals surface area contributed by atoms with Crippen LogP contribution >= 0.6 is 23.2 Å². The molecule has 0 heterocycles. The maximum absolute atomic E-state index is 8.98. The number of benzene rings is 1. The Hall–Kier alpha value is -0.570. The van der Waals surface area contributed by atoms with Crippen LogP contribution in [0.4, 0.5) is 4.79 Å². The summed E-state index contributed by atoms with van der Waals surface area (Å²) in [5.41, 5.74) is 1.29. The molecule has 1 fully saturated rings. The zero-order chi connectivity index (χ0) is 13.9. The van der Waals surface area contributed by atoms with Crippen molar-refractivity contribution in [1.29, 1.82) is 0 Å². The van der Waals surface area contributed by atoms with Crippen LogP contribution in [0.5, 0.6) is 0 Å². The summed E-state index contributed by atoms with van der Waals surface area (Å²) in [5, 5.41) is 0. The van der Waals surface area contributed by atoms with Crippen molar-refractivity contribution in [3.05, 3.63) is 35.9 Å². The second-order valence-electron chi connectivity index (χ2n) is 4.73. The molecule has 0 amide bonds. The predicted molar refractivity (Wildman–Crippen MR) is 79.8 cm³/mol. The molecule has 0 atom stereocenters. The van der Waals surface area contributed by atoms with Crippen LogP contribution in [0.3, 0.4) is 0 Å². The number of carbonyl (C=O) groups excluding carboxylic acids is 1. The molecule has 0 spiro atoms. The lowest BCUT2D eigenvalue weighted by atomic mass is 9.90. The lowest BCUT2D eigenvalue weighted by molar-refractivity contribution is 0.0739. The van der Waals surface area contributed by atoms with Crippen LogP contribution in [-0.2, 0) is 11.3 Å². The first-order valence-electron chi connectivity index (χ1n) is 6.65. The zero-order valence-corrected chi connectivity index (χ0v) is 12.5. The summed E-state index contributed by atoms with van der Waals surface area (Å²) in [4.78, 5) is 8.98. The third-order valence-electron chi connectivity index (χ3n) is 3.19. The smallest absolute Gasteiger partial charge is 0.313 e. The Morgan fingerprint density at radius 3 is 2.26 bits per heavy atom. The summed E-state index contributed by atoms with van der Waals surface area (Å²) in [6.07, 6.45) is 6.97. The Labute approximate surface area is 125 Å². The highest BCUT2D eigenvalue weighted by atomic mass is 35.5. The van der Waals surface area contributed by atoms with Gasteiger partial charge in [-0.1, -0.05) is 49.6 Å². The average Bonchev–Trinajstić information content (AvgIpc) is 2.41. The van der Waals surface area contributed by atoms with Gasteiger partial charge in [-0.05, 0) is 47.5 Å². The van der Waals surface area contributed by atoms with Gasteiger partial charge in [-0.2, -0.15) is 0 Å². The Morgan fingerprint density at radius 1 is 1.11 bits per heavy atom. The van der Waals surface area contributed by atoms with Gasteiger partial charge in [-0.25, -0.2) is 0 Å². The zero-order valence-electron chi connectivity index (χ0n) is 11.0. The van der Waals surface area contributed by atoms with Crippen molar-refractivity contribution in [3.63, 3.8) is 0 Å². The van der Waals surface area contributed by atoms with Gasteiger partial charge in [-0.15, -0.1) is 0 Å². The largest absolute Gasteiger partial charge is 0.376 e. The second kappa shape index (κ2) is 10.2. The number of ether oxygens (including phenoxy) is 1. The van der Waals surface area contributed by atoms with Gasteiger partial charge in [-0.3, -0.25) is 4.79 Å². The summed E-state index contributed by atoms with van der Waals surface area (Å²) >= 11 is 8.80. The van der Waals surface area contributed by atoms with Crippen molar-refractivity contribution in [3.8, 4) is 0 Å². The van der Waals surface area contributed by atoms with E-state index in [0.717, 1.165) is 19.1 Å². The summed E-state index contributed by atoms with van der Waals surface area (Å²) in [5.74, 6) is 0.822. The van der Waals surface area contributed by atoms with Crippen molar-refractivity contribution in [2.45, 2.75) is 38.7 Å². The molecule has 1 aromatic carbocycles. The van der Waals surface area contributed by atoms with E-state index in [4.69, 9.17) is 9.53 Å². The molecule has 2 nitrogen and oxygen atoms in total. The first kappa shape index (κ1) is 16.5. The van der Waals surface area contributed by atoms with Gasteiger partial charge >= 0.3 is 4.70 Å². The minimum absolute atomic E-state index is 0.775. The molecule has 1 aliphatic carbocycles. The molecule has 0 N–H and O–H groups in total. The maximum Gasteiger partial charge on any atom is 0.313 e. The van der Waals surface area contributed by atoms with E-state index in [-0.39, 0.29) is 0 Å². The third-order valence-corrected chi connectivity index (χ3v) is 3.19. The molecule has 0 aliphatic heterocycles. The topological polar surface area (TPSA) is 26.3 Å². The van der Waals surface area contributed by atoms with Gasteiger partial charge in [0.15, 0.2) is 0 Å². The summed E-state index contributed by atoms with van der Waals surface area (Å²) in [7, 11) is 0. The molecule has 4 heteroatoms. The third kappa shape index (κ3) is 9.04. The first-order chi connectivity index (χ1) is 9.18. The van der Waals surface area contributed by atoms with Crippen LogP contribution in [0, 0.1) is 5.92 Å². The molecule has 0 saturated heterocycles. The van der Waals surface area contributed by atoms with Gasteiger partial charge in [0, 0.05) is 6.61 Å². The van der Waals surface area contributed by atoms with Crippen LogP contribution in [0.25, 0.3) is 0 Å². The minimum Gasteiger partial charge on any atom is -0.376 e. The van der Waals surface area contributed by atoms with Crippen molar-refractivity contribution in [2.75, 3.05) is 6.61 Å². The molecule has 19 heavy (non-hydrogen) atoms. The molecular formula is C15H20Cl2O2. The molecule has 1 aliphatic rings. The van der Waals surface area contributed by atoms with Gasteiger partial charge in [0.05, 0.1) is 6.61 Å². The molecule has 106 valence electrons. The van der Waals surface area contributed by atoms with Crippen molar-refractivity contribution in [1.82, 2.24) is 0 Å². The fourth-order valence-electron chi connectivity index (χ4n) is 2.27. The Morgan fingerprint density at radius 2 is 1.68 bits per heavy atom. The summed E-state index contributed by atoms with van der Waals surface area (Å²) < 4.78 is 4.87. The highest BCUT2D eigenvalue weighted by Gasteiger charge is 2.12. The lowest BCUT2D eigenvalue weighted by Crippen LogP contribution is -2.13. The van der Waals surface area contributed by atoms with E-state index in [0.29, 0.717) is 0 Å². The molecule has 2 rings (SSSR count). The maximum atomic E-state index is 8.98. The molecule has 0 bridgehead atoms. The normalized spacial score (nSPS) is 15.5. The SMILES string of the molecule is O=C(Cl)Cl.c1ccc(COCC2CCCCC2)cc1. The van der Waals surface area contributed by atoms with E-state index in [1.54, 1.807) is 0 Å². The Bertz CT molecular complexity index is 344. The molecule has 1 aromatic rings. The van der Waals surface area contributed by atoms with Gasteiger partial charge in [0.2, 0.25) is 0 Å². The molecule has 0 aromatic heterocycles. The van der Waals surface area contributed by atoms with E-state index < -0.39 is 4.70 Å². The monoisotopic (exact) mass is 302 g/mol. The van der Waals surface area contributed by atoms with E-state index >= 15 is 0 Å². The average molecular weight is 303 g/mol. The number of hydrogen-bond donors (Lipinski definition) is 0. The highest BCUT2D eigenvalue weighted by molar-refractivity contribution is 6.93. The number of halogens is 2. The first-order valence-corrected chi connectivity index (χ1v) is 7.40. The second-order valence-corrected chi connectivity index (χ2v) is 5.61. The Kier molecular flexibility index (Phi) is 8.89. The van der Waals surface area contributed by atoms with E-state index in [1.807, 2.05) is 6.07 Å². The lowest BCUT2D eigenvalue weighted by Gasteiger charge is -2.21. The Balaban J connectivity index is 0.000000399. The van der Waals surface area contributed by atoms with Crippen molar-refractivity contribution < 1.29 is 9.53 Å². The molecule has 0 radical (unpaired) electrons. The quantitative estimate of drug-likeness (QED) is 0.699. The van der Waals surface area contributed by atoms with Crippen LogP contribution in [0.15, 0.2) is 30.3 Å². The van der Waals surface area contributed by atoms with E-state index in [9.17, 15) is 0 Å². The van der Waals surface area contributed by atoms with Crippen LogP contribution in [0.1, 0.15) is 37.7 Å². The minimum atomic E-state index is -0.889. The van der Waals surface area contributed by atoms with Crippen LogP contribution < -0.4 is 0 Å². The van der Waals surface area contributed by atoms with E-state index in [2.05, 4.69) is 47.5 Å². The van der Waals surface area contributed by atoms with Crippen molar-refractivity contribution in [2.24, 2.45) is 5.92 Å². The highest BCUT2D eigenvalue weighted by Crippen LogP contribution is 2.23. The van der Waals surface area contributed by atoms with Crippen molar-refractivity contribution >= 4 is 27.9 Å².